The number of hydrogen-bond acceptors (Lipinski definition) is 6. The molecule has 3 rings (SSSR count). The fraction of sp³-hybridized carbons (Fsp3) is 0.167. The van der Waals surface area contributed by atoms with Gasteiger partial charge in [0.05, 0.1) is 22.9 Å². The smallest absolute Gasteiger partial charge is 0.337 e. The van der Waals surface area contributed by atoms with E-state index >= 15 is 0 Å². The number of carbonyl (C=O) groups excluding carboxylic acids is 1. The molecule has 6 nitrogen and oxygen atoms in total. The number of rotatable bonds is 4. The van der Waals surface area contributed by atoms with Gasteiger partial charge in [0.25, 0.3) is 0 Å². The molecule has 26 heavy (non-hydrogen) atoms. The maximum absolute atomic E-state index is 11.6. The summed E-state index contributed by atoms with van der Waals surface area (Å²) in [6, 6.07) is 13.2. The van der Waals surface area contributed by atoms with Gasteiger partial charge in [-0.25, -0.2) is 9.78 Å². The summed E-state index contributed by atoms with van der Waals surface area (Å²) in [5.74, 6) is -0.367. The van der Waals surface area contributed by atoms with Gasteiger partial charge in [-0.05, 0) is 54.7 Å². The molecular weight excluding hydrogens is 368 g/mol. The topological polar surface area (TPSA) is 66.5 Å². The highest BCUT2D eigenvalue weighted by molar-refractivity contribution is 7.80. The van der Waals surface area contributed by atoms with Crippen molar-refractivity contribution in [3.05, 3.63) is 48.0 Å². The Morgan fingerprint density at radius 1 is 1.15 bits per heavy atom. The number of benzene rings is 2. The van der Waals surface area contributed by atoms with Crippen LogP contribution in [-0.4, -0.2) is 37.3 Å². The molecule has 2 N–H and O–H groups in total. The number of thiazole rings is 1. The summed E-state index contributed by atoms with van der Waals surface area (Å²) in [5, 5.41) is 7.33. The highest BCUT2D eigenvalue weighted by Crippen LogP contribution is 2.27. The van der Waals surface area contributed by atoms with Gasteiger partial charge in [0.2, 0.25) is 0 Å². The molecule has 0 aliphatic rings. The molecule has 0 amide bonds. The van der Waals surface area contributed by atoms with E-state index in [4.69, 9.17) is 17.0 Å². The lowest BCUT2D eigenvalue weighted by Gasteiger charge is -2.13. The van der Waals surface area contributed by atoms with Gasteiger partial charge in [-0.15, -0.1) is 0 Å². The van der Waals surface area contributed by atoms with Gasteiger partial charge in [-0.2, -0.15) is 0 Å². The molecule has 0 atom stereocenters. The summed E-state index contributed by atoms with van der Waals surface area (Å²) in [4.78, 5) is 18.1. The van der Waals surface area contributed by atoms with Crippen molar-refractivity contribution in [3.8, 4) is 0 Å². The number of nitrogens with one attached hydrogen (secondary N) is 2. The number of thiocarbonyl (C=S) groups is 1. The summed E-state index contributed by atoms with van der Waals surface area (Å²) >= 11 is 6.77. The molecule has 0 unspecified atom stereocenters. The second-order valence-electron chi connectivity index (χ2n) is 5.71. The molecule has 0 bridgehead atoms. The van der Waals surface area contributed by atoms with Crippen LogP contribution in [0.25, 0.3) is 10.2 Å². The lowest BCUT2D eigenvalue weighted by Crippen LogP contribution is -2.19. The summed E-state index contributed by atoms with van der Waals surface area (Å²) in [5.41, 5.74) is 3.30. The van der Waals surface area contributed by atoms with Crippen molar-refractivity contribution < 1.29 is 9.53 Å². The van der Waals surface area contributed by atoms with Gasteiger partial charge < -0.3 is 20.3 Å². The molecule has 3 aromatic rings. The number of nitrogens with zero attached hydrogens (tertiary/aromatic N) is 2. The van der Waals surface area contributed by atoms with E-state index in [1.807, 2.05) is 43.3 Å². The minimum Gasteiger partial charge on any atom is -0.465 e. The van der Waals surface area contributed by atoms with Gasteiger partial charge in [0, 0.05) is 25.5 Å². The van der Waals surface area contributed by atoms with Crippen molar-refractivity contribution in [1.29, 1.82) is 0 Å². The second kappa shape index (κ2) is 7.67. The standard InChI is InChI=1S/C18H18N4O2S2/c1-22(2)13-7-5-12(6-8-13)19-17(25)21-18-20-14-9-4-11(16(23)24-3)10-15(14)26-18/h4-10H,1-3H3,(H2,19,20,21,25). The van der Waals surface area contributed by atoms with Crippen molar-refractivity contribution in [2.75, 3.05) is 36.7 Å². The Morgan fingerprint density at radius 2 is 1.88 bits per heavy atom. The van der Waals surface area contributed by atoms with Gasteiger partial charge in [0.1, 0.15) is 0 Å². The van der Waals surface area contributed by atoms with E-state index in [1.165, 1.54) is 18.4 Å². The van der Waals surface area contributed by atoms with Crippen LogP contribution in [0.1, 0.15) is 10.4 Å². The number of methoxy groups -OCH3 is 1. The molecule has 0 aliphatic carbocycles. The predicted molar refractivity (Wildman–Crippen MR) is 112 cm³/mol. The van der Waals surface area contributed by atoms with E-state index in [2.05, 4.69) is 15.6 Å². The Balaban J connectivity index is 1.69. The molecule has 0 fully saturated rings. The van der Waals surface area contributed by atoms with Crippen LogP contribution in [0.2, 0.25) is 0 Å². The Bertz CT molecular complexity index is 951. The van der Waals surface area contributed by atoms with Crippen LogP contribution in [0, 0.1) is 0 Å². The Hall–Kier alpha value is -2.71. The number of hydrogen-bond donors (Lipinski definition) is 2. The van der Waals surface area contributed by atoms with E-state index in [0.29, 0.717) is 15.8 Å². The zero-order valence-corrected chi connectivity index (χ0v) is 16.2. The third-order valence-corrected chi connectivity index (χ3v) is 4.81. The Morgan fingerprint density at radius 3 is 2.54 bits per heavy atom. The molecule has 0 spiro atoms. The number of anilines is 3. The molecular formula is C18H18N4O2S2. The first-order valence-corrected chi connectivity index (χ1v) is 9.03. The number of fused-ring (bicyclic) bond motifs is 1. The summed E-state index contributed by atoms with van der Waals surface area (Å²) in [7, 11) is 5.35. The summed E-state index contributed by atoms with van der Waals surface area (Å²) in [6.45, 7) is 0. The van der Waals surface area contributed by atoms with Crippen LogP contribution in [0.4, 0.5) is 16.5 Å². The average Bonchev–Trinajstić information content (AvgIpc) is 3.02. The Labute approximate surface area is 160 Å². The van der Waals surface area contributed by atoms with E-state index in [0.717, 1.165) is 21.6 Å². The minimum atomic E-state index is -0.367. The second-order valence-corrected chi connectivity index (χ2v) is 7.15. The third kappa shape index (κ3) is 4.09. The van der Waals surface area contributed by atoms with Crippen LogP contribution >= 0.6 is 23.6 Å². The maximum atomic E-state index is 11.6. The summed E-state index contributed by atoms with van der Waals surface area (Å²) in [6.07, 6.45) is 0. The largest absolute Gasteiger partial charge is 0.465 e. The van der Waals surface area contributed by atoms with Crippen LogP contribution < -0.4 is 15.5 Å². The highest BCUT2D eigenvalue weighted by Gasteiger charge is 2.10. The molecule has 8 heteroatoms. The lowest BCUT2D eigenvalue weighted by atomic mass is 10.2. The summed E-state index contributed by atoms with van der Waals surface area (Å²) < 4.78 is 5.62. The van der Waals surface area contributed by atoms with Gasteiger partial charge in [-0.1, -0.05) is 11.3 Å². The molecule has 0 radical (unpaired) electrons. The fourth-order valence-electron chi connectivity index (χ4n) is 2.33. The first kappa shape index (κ1) is 18.1. The lowest BCUT2D eigenvalue weighted by molar-refractivity contribution is 0.0601. The van der Waals surface area contributed by atoms with Crippen LogP contribution in [0.15, 0.2) is 42.5 Å². The highest BCUT2D eigenvalue weighted by atomic mass is 32.1. The molecule has 1 aromatic heterocycles. The Kier molecular flexibility index (Phi) is 5.34. The fourth-order valence-corrected chi connectivity index (χ4v) is 3.51. The zero-order chi connectivity index (χ0) is 18.7. The zero-order valence-electron chi connectivity index (χ0n) is 14.6. The first-order valence-electron chi connectivity index (χ1n) is 7.80. The van der Waals surface area contributed by atoms with E-state index in [-0.39, 0.29) is 5.97 Å². The molecule has 2 aromatic carbocycles. The number of aromatic nitrogens is 1. The van der Waals surface area contributed by atoms with Crippen molar-refractivity contribution in [3.63, 3.8) is 0 Å². The number of ether oxygens (including phenoxy) is 1. The normalized spacial score (nSPS) is 10.4. The monoisotopic (exact) mass is 386 g/mol. The predicted octanol–water partition coefficient (Wildman–Crippen LogP) is 3.96. The molecule has 134 valence electrons. The van der Waals surface area contributed by atoms with Crippen LogP contribution in [0.5, 0.6) is 0 Å². The van der Waals surface area contributed by atoms with Crippen molar-refractivity contribution in [2.45, 2.75) is 0 Å². The van der Waals surface area contributed by atoms with E-state index < -0.39 is 0 Å². The van der Waals surface area contributed by atoms with E-state index in [1.54, 1.807) is 18.2 Å². The molecule has 0 aliphatic heterocycles. The van der Waals surface area contributed by atoms with Gasteiger partial charge in [-0.3, -0.25) is 0 Å². The van der Waals surface area contributed by atoms with Crippen molar-refractivity contribution >= 4 is 61.4 Å². The van der Waals surface area contributed by atoms with E-state index in [9.17, 15) is 4.79 Å². The van der Waals surface area contributed by atoms with Crippen molar-refractivity contribution in [1.82, 2.24) is 4.98 Å². The molecule has 0 saturated heterocycles. The third-order valence-electron chi connectivity index (χ3n) is 3.67. The minimum absolute atomic E-state index is 0.367. The van der Waals surface area contributed by atoms with Gasteiger partial charge >= 0.3 is 5.97 Å². The number of esters is 1. The average molecular weight is 387 g/mol. The maximum Gasteiger partial charge on any atom is 0.337 e. The molecule has 0 saturated carbocycles. The first-order chi connectivity index (χ1) is 12.5. The molecule has 1 heterocycles. The quantitative estimate of drug-likeness (QED) is 0.520. The van der Waals surface area contributed by atoms with Crippen LogP contribution in [0.3, 0.4) is 0 Å². The van der Waals surface area contributed by atoms with Crippen LogP contribution in [-0.2, 0) is 4.74 Å². The van der Waals surface area contributed by atoms with Crippen molar-refractivity contribution in [2.24, 2.45) is 0 Å². The van der Waals surface area contributed by atoms with Gasteiger partial charge in [0.15, 0.2) is 10.2 Å². The number of carbonyl (C=O) groups is 1. The SMILES string of the molecule is COC(=O)c1ccc2nc(NC(=S)Nc3ccc(N(C)C)cc3)sc2c1.